The lowest BCUT2D eigenvalue weighted by Gasteiger charge is -2.08. The van der Waals surface area contributed by atoms with Crippen LogP contribution in [0.25, 0.3) is 0 Å². The van der Waals surface area contributed by atoms with Gasteiger partial charge in [0.1, 0.15) is 18.1 Å². The summed E-state index contributed by atoms with van der Waals surface area (Å²) in [5.74, 6) is -0.279. The Hall–Kier alpha value is -1.76. The quantitative estimate of drug-likeness (QED) is 0.784. The van der Waals surface area contributed by atoms with Gasteiger partial charge < -0.3 is 15.2 Å². The Bertz CT molecular complexity index is 414. The number of carbonyl (C=O) groups is 1. The summed E-state index contributed by atoms with van der Waals surface area (Å²) in [6.45, 7) is 1.19. The molecule has 1 aromatic rings. The summed E-state index contributed by atoms with van der Waals surface area (Å²) in [5, 5.41) is 11.6. The van der Waals surface area contributed by atoms with Gasteiger partial charge >= 0.3 is 0 Å². The van der Waals surface area contributed by atoms with Crippen LogP contribution in [0.15, 0.2) is 18.3 Å². The molecule has 0 aliphatic carbocycles. The number of aromatic nitrogens is 1. The van der Waals surface area contributed by atoms with Crippen LogP contribution in [0, 0.1) is 0 Å². The van der Waals surface area contributed by atoms with E-state index in [2.05, 4.69) is 10.3 Å². The highest BCUT2D eigenvalue weighted by Crippen LogP contribution is 2.12. The number of amides is 1. The third-order valence-electron chi connectivity index (χ3n) is 2.19. The highest BCUT2D eigenvalue weighted by atomic mass is 19.3. The molecular formula is C12H16F2N2O3. The van der Waals surface area contributed by atoms with Gasteiger partial charge in [0.25, 0.3) is 12.3 Å². The molecule has 0 fully saturated rings. The first-order valence-corrected chi connectivity index (χ1v) is 5.82. The molecule has 7 heteroatoms. The molecule has 0 saturated carbocycles. The molecule has 1 atom stereocenters. The molecule has 106 valence electrons. The fourth-order valence-corrected chi connectivity index (χ4v) is 1.27. The largest absolute Gasteiger partial charge is 0.488 e. The Balaban J connectivity index is 2.52. The first-order valence-electron chi connectivity index (χ1n) is 5.82. The molecule has 1 rings (SSSR count). The lowest BCUT2D eigenvalue weighted by atomic mass is 10.2. The van der Waals surface area contributed by atoms with E-state index in [9.17, 15) is 13.6 Å². The maximum absolute atomic E-state index is 12.0. The second-order valence-corrected chi connectivity index (χ2v) is 3.97. The standard InChI is InChI=1S/C12H16F2N2O3/c1-8(17)2-4-16-12(18)10-6-9(3-5-15-10)19-7-11(13)14/h3,5-6,8,11,17H,2,4,7H2,1H3,(H,16,18). The number of carbonyl (C=O) groups excluding carboxylic acids is 1. The van der Waals surface area contributed by atoms with Gasteiger partial charge in [-0.1, -0.05) is 0 Å². The normalized spacial score (nSPS) is 12.3. The molecule has 19 heavy (non-hydrogen) atoms. The summed E-state index contributed by atoms with van der Waals surface area (Å²) < 4.78 is 28.7. The van der Waals surface area contributed by atoms with Gasteiger partial charge in [0.15, 0.2) is 0 Å². The number of nitrogens with one attached hydrogen (secondary N) is 1. The van der Waals surface area contributed by atoms with E-state index in [1.807, 2.05) is 0 Å². The summed E-state index contributed by atoms with van der Waals surface area (Å²) >= 11 is 0. The maximum Gasteiger partial charge on any atom is 0.272 e. The Morgan fingerprint density at radius 3 is 2.95 bits per heavy atom. The van der Waals surface area contributed by atoms with Gasteiger partial charge in [0, 0.05) is 18.8 Å². The Labute approximate surface area is 109 Å². The first-order chi connectivity index (χ1) is 8.99. The highest BCUT2D eigenvalue weighted by molar-refractivity contribution is 5.92. The van der Waals surface area contributed by atoms with Crippen molar-refractivity contribution in [1.29, 1.82) is 0 Å². The number of pyridine rings is 1. The SMILES string of the molecule is CC(O)CCNC(=O)c1cc(OCC(F)F)ccn1. The highest BCUT2D eigenvalue weighted by Gasteiger charge is 2.09. The zero-order valence-corrected chi connectivity index (χ0v) is 10.5. The van der Waals surface area contributed by atoms with Crippen molar-refractivity contribution in [2.75, 3.05) is 13.2 Å². The molecule has 1 unspecified atom stereocenters. The van der Waals surface area contributed by atoms with Crippen LogP contribution in [0.1, 0.15) is 23.8 Å². The monoisotopic (exact) mass is 274 g/mol. The Morgan fingerprint density at radius 1 is 1.58 bits per heavy atom. The van der Waals surface area contributed by atoms with Gasteiger partial charge in [-0.2, -0.15) is 0 Å². The summed E-state index contributed by atoms with van der Waals surface area (Å²) in [6, 6.07) is 2.69. The number of ether oxygens (including phenoxy) is 1. The van der Waals surface area contributed by atoms with Crippen LogP contribution < -0.4 is 10.1 Å². The number of alkyl halides is 2. The van der Waals surface area contributed by atoms with Crippen LogP contribution in [-0.2, 0) is 0 Å². The number of halogens is 2. The molecule has 0 bridgehead atoms. The number of hydrogen-bond donors (Lipinski definition) is 2. The van der Waals surface area contributed by atoms with Crippen LogP contribution in [0.4, 0.5) is 8.78 Å². The minimum absolute atomic E-state index is 0.0809. The Kier molecular flexibility index (Phi) is 6.14. The van der Waals surface area contributed by atoms with Crippen molar-refractivity contribution in [1.82, 2.24) is 10.3 Å². The molecule has 0 spiro atoms. The van der Waals surface area contributed by atoms with Crippen LogP contribution in [0.5, 0.6) is 5.75 Å². The third kappa shape index (κ3) is 6.10. The van der Waals surface area contributed by atoms with E-state index in [0.717, 1.165) is 0 Å². The molecule has 1 amide bonds. The van der Waals surface area contributed by atoms with Crippen molar-refractivity contribution >= 4 is 5.91 Å². The van der Waals surface area contributed by atoms with Crippen molar-refractivity contribution in [3.05, 3.63) is 24.0 Å². The van der Waals surface area contributed by atoms with Crippen molar-refractivity contribution < 1.29 is 23.4 Å². The molecule has 1 heterocycles. The van der Waals surface area contributed by atoms with Gasteiger partial charge in [0.2, 0.25) is 0 Å². The van der Waals surface area contributed by atoms with E-state index in [-0.39, 0.29) is 11.4 Å². The zero-order chi connectivity index (χ0) is 14.3. The second kappa shape index (κ2) is 7.63. The van der Waals surface area contributed by atoms with Crippen LogP contribution >= 0.6 is 0 Å². The predicted octanol–water partition coefficient (Wildman–Crippen LogP) is 1.23. The minimum Gasteiger partial charge on any atom is -0.488 e. The van der Waals surface area contributed by atoms with Crippen LogP contribution in [-0.4, -0.2) is 41.7 Å². The van der Waals surface area contributed by atoms with E-state index >= 15 is 0 Å². The van der Waals surface area contributed by atoms with Crippen molar-refractivity contribution in [3.63, 3.8) is 0 Å². The molecule has 2 N–H and O–H groups in total. The van der Waals surface area contributed by atoms with E-state index in [1.165, 1.54) is 18.3 Å². The molecule has 0 aliphatic heterocycles. The predicted molar refractivity (Wildman–Crippen MR) is 64.4 cm³/mol. The van der Waals surface area contributed by atoms with Crippen molar-refractivity contribution in [3.8, 4) is 5.75 Å². The molecule has 0 saturated heterocycles. The van der Waals surface area contributed by atoms with E-state index < -0.39 is 25.0 Å². The number of aliphatic hydroxyl groups excluding tert-OH is 1. The molecule has 5 nitrogen and oxygen atoms in total. The number of hydrogen-bond acceptors (Lipinski definition) is 4. The topological polar surface area (TPSA) is 71.5 Å². The maximum atomic E-state index is 12.0. The fourth-order valence-electron chi connectivity index (χ4n) is 1.27. The molecule has 0 aliphatic rings. The van der Waals surface area contributed by atoms with Gasteiger partial charge in [0.05, 0.1) is 6.10 Å². The average molecular weight is 274 g/mol. The number of aliphatic hydroxyl groups is 1. The van der Waals surface area contributed by atoms with Gasteiger partial charge in [-0.05, 0) is 19.4 Å². The fraction of sp³-hybridized carbons (Fsp3) is 0.500. The molecule has 1 aromatic heterocycles. The summed E-state index contributed by atoms with van der Waals surface area (Å²) in [4.78, 5) is 15.5. The van der Waals surface area contributed by atoms with E-state index in [1.54, 1.807) is 6.92 Å². The van der Waals surface area contributed by atoms with E-state index in [4.69, 9.17) is 9.84 Å². The molecule has 0 radical (unpaired) electrons. The van der Waals surface area contributed by atoms with Gasteiger partial charge in [-0.3, -0.25) is 9.78 Å². The number of nitrogens with zero attached hydrogens (tertiary/aromatic N) is 1. The van der Waals surface area contributed by atoms with Crippen LogP contribution in [0.2, 0.25) is 0 Å². The van der Waals surface area contributed by atoms with Gasteiger partial charge in [-0.15, -0.1) is 0 Å². The summed E-state index contributed by atoms with van der Waals surface area (Å²) in [6.07, 6.45) is -1.34. The molecule has 0 aromatic carbocycles. The minimum atomic E-state index is -2.57. The van der Waals surface area contributed by atoms with Crippen molar-refractivity contribution in [2.45, 2.75) is 25.9 Å². The van der Waals surface area contributed by atoms with E-state index in [0.29, 0.717) is 13.0 Å². The lowest BCUT2D eigenvalue weighted by molar-refractivity contribution is 0.0817. The second-order valence-electron chi connectivity index (χ2n) is 3.97. The summed E-state index contributed by atoms with van der Waals surface area (Å²) in [7, 11) is 0. The third-order valence-corrected chi connectivity index (χ3v) is 2.19. The number of rotatable bonds is 7. The molecular weight excluding hydrogens is 258 g/mol. The Morgan fingerprint density at radius 2 is 2.32 bits per heavy atom. The van der Waals surface area contributed by atoms with Crippen LogP contribution in [0.3, 0.4) is 0 Å². The summed E-state index contributed by atoms with van der Waals surface area (Å²) in [5.41, 5.74) is 0.0809. The van der Waals surface area contributed by atoms with Crippen molar-refractivity contribution in [2.24, 2.45) is 0 Å². The lowest BCUT2D eigenvalue weighted by Crippen LogP contribution is -2.27. The van der Waals surface area contributed by atoms with Gasteiger partial charge in [-0.25, -0.2) is 8.78 Å². The zero-order valence-electron chi connectivity index (χ0n) is 10.5. The smallest absolute Gasteiger partial charge is 0.272 e. The average Bonchev–Trinajstić information content (AvgIpc) is 2.36. The first kappa shape index (κ1) is 15.3.